The predicted octanol–water partition coefficient (Wildman–Crippen LogP) is 2.17. The molecule has 0 bridgehead atoms. The Morgan fingerprint density at radius 3 is 2.50 bits per heavy atom. The summed E-state index contributed by atoms with van der Waals surface area (Å²) in [6.07, 6.45) is 10.4. The van der Waals surface area contributed by atoms with E-state index in [2.05, 4.69) is 10.2 Å². The maximum Gasteiger partial charge on any atom is 0.217 e. The Balaban J connectivity index is 1.83. The van der Waals surface area contributed by atoms with Gasteiger partial charge >= 0.3 is 0 Å². The molecule has 0 spiro atoms. The number of nitrogens with one attached hydrogen (secondary N) is 1. The molecule has 0 aliphatic heterocycles. The van der Waals surface area contributed by atoms with Gasteiger partial charge in [0.2, 0.25) is 5.91 Å². The second-order valence-corrected chi connectivity index (χ2v) is 4.17. The molecule has 0 aromatic carbocycles. The van der Waals surface area contributed by atoms with Gasteiger partial charge in [-0.3, -0.25) is 9.89 Å². The molecule has 0 unspecified atom stereocenters. The first-order chi connectivity index (χ1) is 7.79. The van der Waals surface area contributed by atoms with Crippen LogP contribution in [-0.4, -0.2) is 16.1 Å². The van der Waals surface area contributed by atoms with E-state index >= 15 is 0 Å². The first-order valence-corrected chi connectivity index (χ1v) is 6.05. The minimum Gasteiger partial charge on any atom is -0.370 e. The summed E-state index contributed by atoms with van der Waals surface area (Å²) in [5, 5.41) is 6.87. The van der Waals surface area contributed by atoms with Crippen LogP contribution in [0, 0.1) is 0 Å². The number of carbonyl (C=O) groups is 1. The standard InChI is InChI=1S/C12H21N3O/c13-12(16)8-6-4-2-1-3-5-7-11-9-10-14-15-11/h9-10H,1-8H2,(H2,13,16)(H,14,15). The molecule has 0 radical (unpaired) electrons. The van der Waals surface area contributed by atoms with Crippen molar-refractivity contribution in [3.05, 3.63) is 18.0 Å². The Bertz CT molecular complexity index is 282. The van der Waals surface area contributed by atoms with Gasteiger partial charge < -0.3 is 5.73 Å². The van der Waals surface area contributed by atoms with E-state index in [1.807, 2.05) is 6.07 Å². The van der Waals surface area contributed by atoms with Gasteiger partial charge in [0.05, 0.1) is 0 Å². The van der Waals surface area contributed by atoms with E-state index in [0.717, 1.165) is 19.3 Å². The highest BCUT2D eigenvalue weighted by Crippen LogP contribution is 2.09. The summed E-state index contributed by atoms with van der Waals surface area (Å²) in [6.45, 7) is 0. The van der Waals surface area contributed by atoms with Crippen LogP contribution in [0.4, 0.5) is 0 Å². The smallest absolute Gasteiger partial charge is 0.217 e. The third-order valence-corrected chi connectivity index (χ3v) is 2.68. The quantitative estimate of drug-likeness (QED) is 0.630. The molecule has 0 aliphatic carbocycles. The third-order valence-electron chi connectivity index (χ3n) is 2.68. The molecule has 0 aliphatic rings. The van der Waals surface area contributed by atoms with E-state index in [4.69, 9.17) is 5.73 Å². The fraction of sp³-hybridized carbons (Fsp3) is 0.667. The summed E-state index contributed by atoms with van der Waals surface area (Å²) in [6, 6.07) is 2.02. The molecule has 4 heteroatoms. The summed E-state index contributed by atoms with van der Waals surface area (Å²) in [4.78, 5) is 10.5. The number of rotatable bonds is 9. The van der Waals surface area contributed by atoms with E-state index in [0.29, 0.717) is 6.42 Å². The number of nitrogens with two attached hydrogens (primary N) is 1. The lowest BCUT2D eigenvalue weighted by Gasteiger charge is -2.00. The van der Waals surface area contributed by atoms with Crippen molar-refractivity contribution >= 4 is 5.91 Å². The summed E-state index contributed by atoms with van der Waals surface area (Å²) in [5.74, 6) is -0.181. The van der Waals surface area contributed by atoms with Gasteiger partial charge in [-0.2, -0.15) is 5.10 Å². The van der Waals surface area contributed by atoms with Crippen molar-refractivity contribution < 1.29 is 4.79 Å². The second-order valence-electron chi connectivity index (χ2n) is 4.17. The van der Waals surface area contributed by atoms with Crippen LogP contribution in [0.25, 0.3) is 0 Å². The number of aromatic amines is 1. The van der Waals surface area contributed by atoms with Crippen LogP contribution < -0.4 is 5.73 Å². The maximum absolute atomic E-state index is 10.5. The molecule has 0 atom stereocenters. The molecule has 1 heterocycles. The Morgan fingerprint density at radius 1 is 1.19 bits per heavy atom. The van der Waals surface area contributed by atoms with Crippen molar-refractivity contribution in [2.24, 2.45) is 5.73 Å². The van der Waals surface area contributed by atoms with Crippen molar-refractivity contribution in [1.82, 2.24) is 10.2 Å². The molecule has 1 amide bonds. The number of H-pyrrole nitrogens is 1. The highest BCUT2D eigenvalue weighted by molar-refractivity contribution is 5.73. The number of nitrogens with zero attached hydrogens (tertiary/aromatic N) is 1. The first-order valence-electron chi connectivity index (χ1n) is 6.05. The summed E-state index contributed by atoms with van der Waals surface area (Å²) < 4.78 is 0. The normalized spacial score (nSPS) is 10.5. The van der Waals surface area contributed by atoms with E-state index in [1.54, 1.807) is 6.20 Å². The average Bonchev–Trinajstić information content (AvgIpc) is 2.74. The molecule has 0 saturated heterocycles. The van der Waals surface area contributed by atoms with Crippen molar-refractivity contribution in [2.45, 2.75) is 51.4 Å². The summed E-state index contributed by atoms with van der Waals surface area (Å²) in [5.41, 5.74) is 6.28. The Labute approximate surface area is 96.6 Å². The monoisotopic (exact) mass is 223 g/mol. The van der Waals surface area contributed by atoms with Crippen LogP contribution in [0.5, 0.6) is 0 Å². The van der Waals surface area contributed by atoms with Gasteiger partial charge in [-0.1, -0.05) is 25.7 Å². The van der Waals surface area contributed by atoms with E-state index in [-0.39, 0.29) is 5.91 Å². The zero-order valence-corrected chi connectivity index (χ0v) is 9.74. The molecule has 3 N–H and O–H groups in total. The zero-order chi connectivity index (χ0) is 11.6. The number of amides is 1. The molecule has 0 saturated carbocycles. The molecular weight excluding hydrogens is 202 g/mol. The van der Waals surface area contributed by atoms with Crippen LogP contribution in [-0.2, 0) is 11.2 Å². The van der Waals surface area contributed by atoms with Crippen molar-refractivity contribution in [1.29, 1.82) is 0 Å². The topological polar surface area (TPSA) is 71.8 Å². The number of unbranched alkanes of at least 4 members (excludes halogenated alkanes) is 5. The van der Waals surface area contributed by atoms with E-state index < -0.39 is 0 Å². The van der Waals surface area contributed by atoms with Crippen LogP contribution in [0.1, 0.15) is 50.6 Å². The molecule has 1 aromatic rings. The number of aromatic nitrogens is 2. The van der Waals surface area contributed by atoms with E-state index in [9.17, 15) is 4.79 Å². The Kier molecular flexibility index (Phi) is 6.30. The van der Waals surface area contributed by atoms with Gasteiger partial charge in [-0.25, -0.2) is 0 Å². The Morgan fingerprint density at radius 2 is 1.88 bits per heavy atom. The lowest BCUT2D eigenvalue weighted by Crippen LogP contribution is -2.09. The summed E-state index contributed by atoms with van der Waals surface area (Å²) in [7, 11) is 0. The molecular formula is C12H21N3O. The molecule has 1 aromatic heterocycles. The minimum atomic E-state index is -0.181. The van der Waals surface area contributed by atoms with Gasteiger partial charge in [0, 0.05) is 18.3 Å². The van der Waals surface area contributed by atoms with E-state index in [1.165, 1.54) is 31.4 Å². The lowest BCUT2D eigenvalue weighted by atomic mass is 10.1. The molecule has 90 valence electrons. The summed E-state index contributed by atoms with van der Waals surface area (Å²) >= 11 is 0. The van der Waals surface area contributed by atoms with Gasteiger partial charge in [0.25, 0.3) is 0 Å². The highest BCUT2D eigenvalue weighted by Gasteiger charge is 1.96. The number of hydrogen-bond donors (Lipinski definition) is 2. The average molecular weight is 223 g/mol. The molecule has 16 heavy (non-hydrogen) atoms. The van der Waals surface area contributed by atoms with Crippen LogP contribution >= 0.6 is 0 Å². The van der Waals surface area contributed by atoms with Gasteiger partial charge in [0.15, 0.2) is 0 Å². The maximum atomic E-state index is 10.5. The number of carbonyl (C=O) groups excluding carboxylic acids is 1. The van der Waals surface area contributed by atoms with Crippen molar-refractivity contribution in [2.75, 3.05) is 0 Å². The Hall–Kier alpha value is -1.32. The largest absolute Gasteiger partial charge is 0.370 e. The first kappa shape index (κ1) is 12.7. The van der Waals surface area contributed by atoms with Gasteiger partial charge in [-0.05, 0) is 25.3 Å². The number of aryl methyl sites for hydroxylation is 1. The SMILES string of the molecule is NC(=O)CCCCCCCCc1ccn[nH]1. The zero-order valence-electron chi connectivity index (χ0n) is 9.74. The van der Waals surface area contributed by atoms with Gasteiger partial charge in [0.1, 0.15) is 0 Å². The number of hydrogen-bond acceptors (Lipinski definition) is 2. The highest BCUT2D eigenvalue weighted by atomic mass is 16.1. The minimum absolute atomic E-state index is 0.181. The lowest BCUT2D eigenvalue weighted by molar-refractivity contribution is -0.118. The second kappa shape index (κ2) is 7.91. The van der Waals surface area contributed by atoms with Crippen LogP contribution in [0.3, 0.4) is 0 Å². The van der Waals surface area contributed by atoms with Crippen molar-refractivity contribution in [3.8, 4) is 0 Å². The van der Waals surface area contributed by atoms with Crippen LogP contribution in [0.15, 0.2) is 12.3 Å². The third kappa shape index (κ3) is 6.22. The molecule has 4 nitrogen and oxygen atoms in total. The van der Waals surface area contributed by atoms with Crippen LogP contribution in [0.2, 0.25) is 0 Å². The number of primary amides is 1. The molecule has 0 fully saturated rings. The molecule has 1 rings (SSSR count). The fourth-order valence-electron chi connectivity index (χ4n) is 1.75. The van der Waals surface area contributed by atoms with Crippen molar-refractivity contribution in [3.63, 3.8) is 0 Å². The van der Waals surface area contributed by atoms with Gasteiger partial charge in [-0.15, -0.1) is 0 Å². The predicted molar refractivity (Wildman–Crippen MR) is 63.8 cm³/mol. The fourth-order valence-corrected chi connectivity index (χ4v) is 1.75.